The maximum absolute atomic E-state index is 13.8. The summed E-state index contributed by atoms with van der Waals surface area (Å²) in [6.45, 7) is 6.18. The van der Waals surface area contributed by atoms with Crippen LogP contribution in [0.1, 0.15) is 26.5 Å². The van der Waals surface area contributed by atoms with Gasteiger partial charge in [-0.1, -0.05) is 20.8 Å². The van der Waals surface area contributed by atoms with Gasteiger partial charge in [-0.25, -0.2) is 9.37 Å². The maximum atomic E-state index is 13.8. The molecule has 2 N–H and O–H groups in total. The molecule has 0 aliphatic heterocycles. The smallest absolute Gasteiger partial charge is 0.147 e. The zero-order chi connectivity index (χ0) is 12.6. The first kappa shape index (κ1) is 11.6. The largest absolute Gasteiger partial charge is 0.399 e. The number of rotatable bonds is 1. The number of hydrogen-bond donors (Lipinski definition) is 1. The van der Waals surface area contributed by atoms with Crippen LogP contribution in [0.3, 0.4) is 0 Å². The molecule has 0 amide bonds. The molecule has 0 radical (unpaired) electrons. The number of nitrogens with two attached hydrogens (primary N) is 1. The van der Waals surface area contributed by atoms with Crippen LogP contribution in [0.5, 0.6) is 0 Å². The van der Waals surface area contributed by atoms with E-state index in [9.17, 15) is 4.39 Å². The summed E-state index contributed by atoms with van der Waals surface area (Å²) in [6, 6.07) is 4.54. The Morgan fingerprint density at radius 3 is 2.65 bits per heavy atom. The van der Waals surface area contributed by atoms with Gasteiger partial charge in [0.1, 0.15) is 5.82 Å². The van der Waals surface area contributed by atoms with Crippen molar-refractivity contribution < 1.29 is 4.39 Å². The molecule has 2 rings (SSSR count). The molecule has 1 heterocycles. The van der Waals surface area contributed by atoms with Gasteiger partial charge in [-0.3, -0.25) is 4.57 Å². The summed E-state index contributed by atoms with van der Waals surface area (Å²) in [4.78, 5) is 4.09. The fourth-order valence-corrected chi connectivity index (χ4v) is 1.76. The number of hydrogen-bond acceptors (Lipinski definition) is 2. The number of nitrogens with zero attached hydrogens (tertiary/aromatic N) is 2. The molecule has 0 saturated heterocycles. The number of benzene rings is 1. The third-order valence-corrected chi connectivity index (χ3v) is 2.64. The van der Waals surface area contributed by atoms with Crippen LogP contribution in [-0.2, 0) is 5.41 Å². The van der Waals surface area contributed by atoms with Crippen LogP contribution in [0.15, 0.2) is 30.7 Å². The third kappa shape index (κ3) is 2.16. The standard InChI is InChI=1S/C13H16FN3/c1-13(2,3)12-7-16-8-17(12)11-6-9(15)4-5-10(11)14/h4-8H,15H2,1-3H3. The highest BCUT2D eigenvalue weighted by molar-refractivity contribution is 5.49. The number of halogens is 1. The molecule has 0 aliphatic rings. The molecule has 0 spiro atoms. The molecule has 0 atom stereocenters. The van der Waals surface area contributed by atoms with E-state index in [1.807, 2.05) is 0 Å². The van der Waals surface area contributed by atoms with Gasteiger partial charge in [-0.05, 0) is 18.2 Å². The van der Waals surface area contributed by atoms with Crippen LogP contribution in [0.4, 0.5) is 10.1 Å². The fourth-order valence-electron chi connectivity index (χ4n) is 1.76. The SMILES string of the molecule is CC(C)(C)c1cncn1-c1cc(N)ccc1F. The van der Waals surface area contributed by atoms with E-state index in [2.05, 4.69) is 25.8 Å². The molecule has 0 aliphatic carbocycles. The summed E-state index contributed by atoms with van der Waals surface area (Å²) >= 11 is 0. The van der Waals surface area contributed by atoms with E-state index in [1.165, 1.54) is 6.07 Å². The Labute approximate surface area is 100 Å². The first-order chi connectivity index (χ1) is 7.89. The van der Waals surface area contributed by atoms with Crippen LogP contribution in [0.25, 0.3) is 5.69 Å². The molecule has 0 fully saturated rings. The van der Waals surface area contributed by atoms with Gasteiger partial charge in [0.15, 0.2) is 0 Å². The average molecular weight is 233 g/mol. The molecule has 17 heavy (non-hydrogen) atoms. The average Bonchev–Trinajstić information content (AvgIpc) is 2.69. The first-order valence-corrected chi connectivity index (χ1v) is 5.48. The second-order valence-electron chi connectivity index (χ2n) is 5.11. The third-order valence-electron chi connectivity index (χ3n) is 2.64. The fraction of sp³-hybridized carbons (Fsp3) is 0.308. The minimum Gasteiger partial charge on any atom is -0.399 e. The molecule has 3 nitrogen and oxygen atoms in total. The van der Waals surface area contributed by atoms with Crippen LogP contribution in [-0.4, -0.2) is 9.55 Å². The lowest BCUT2D eigenvalue weighted by Crippen LogP contribution is -2.17. The molecule has 2 aromatic rings. The van der Waals surface area contributed by atoms with Crippen molar-refractivity contribution in [3.05, 3.63) is 42.2 Å². The van der Waals surface area contributed by atoms with Gasteiger partial charge in [0.25, 0.3) is 0 Å². The highest BCUT2D eigenvalue weighted by atomic mass is 19.1. The van der Waals surface area contributed by atoms with Crippen molar-refractivity contribution in [2.75, 3.05) is 5.73 Å². The number of nitrogen functional groups attached to an aromatic ring is 1. The lowest BCUT2D eigenvalue weighted by Gasteiger charge is -2.21. The van der Waals surface area contributed by atoms with Gasteiger partial charge in [0.2, 0.25) is 0 Å². The van der Waals surface area contributed by atoms with Gasteiger partial charge in [0, 0.05) is 23.0 Å². The highest BCUT2D eigenvalue weighted by Gasteiger charge is 2.20. The predicted molar refractivity (Wildman–Crippen MR) is 66.6 cm³/mol. The van der Waals surface area contributed by atoms with Crippen molar-refractivity contribution in [1.29, 1.82) is 0 Å². The molecule has 4 heteroatoms. The Balaban J connectivity index is 2.61. The molecule has 1 aromatic carbocycles. The van der Waals surface area contributed by atoms with Crippen molar-refractivity contribution in [2.24, 2.45) is 0 Å². The van der Waals surface area contributed by atoms with E-state index in [0.717, 1.165) is 5.69 Å². The Morgan fingerprint density at radius 2 is 2.00 bits per heavy atom. The summed E-state index contributed by atoms with van der Waals surface area (Å²) < 4.78 is 15.5. The molecule has 0 bridgehead atoms. The second kappa shape index (κ2) is 3.87. The summed E-state index contributed by atoms with van der Waals surface area (Å²) in [5.41, 5.74) is 7.51. The topological polar surface area (TPSA) is 43.8 Å². The molecule has 1 aromatic heterocycles. The lowest BCUT2D eigenvalue weighted by atomic mass is 9.92. The Hall–Kier alpha value is -1.84. The van der Waals surface area contributed by atoms with Gasteiger partial charge in [0.05, 0.1) is 12.0 Å². The van der Waals surface area contributed by atoms with Gasteiger partial charge < -0.3 is 5.73 Å². The molecule has 0 saturated carbocycles. The van der Waals surface area contributed by atoms with Crippen molar-refractivity contribution in [1.82, 2.24) is 9.55 Å². The quantitative estimate of drug-likeness (QED) is 0.770. The summed E-state index contributed by atoms with van der Waals surface area (Å²) in [7, 11) is 0. The molecule has 0 unspecified atom stereocenters. The van der Waals surface area contributed by atoms with Crippen LogP contribution < -0.4 is 5.73 Å². The van der Waals surface area contributed by atoms with E-state index >= 15 is 0 Å². The van der Waals surface area contributed by atoms with Gasteiger partial charge >= 0.3 is 0 Å². The Morgan fingerprint density at radius 1 is 1.29 bits per heavy atom. The zero-order valence-electron chi connectivity index (χ0n) is 10.2. The van der Waals surface area contributed by atoms with Crippen molar-refractivity contribution >= 4 is 5.69 Å². The molecular weight excluding hydrogens is 217 g/mol. The number of aromatic nitrogens is 2. The minimum atomic E-state index is -0.303. The molecule has 90 valence electrons. The summed E-state index contributed by atoms with van der Waals surface area (Å²) in [5, 5.41) is 0. The molecular formula is C13H16FN3. The van der Waals surface area contributed by atoms with E-state index in [1.54, 1.807) is 29.2 Å². The summed E-state index contributed by atoms with van der Waals surface area (Å²) in [5.74, 6) is -0.303. The van der Waals surface area contributed by atoms with Gasteiger partial charge in [-0.15, -0.1) is 0 Å². The monoisotopic (exact) mass is 233 g/mol. The zero-order valence-corrected chi connectivity index (χ0v) is 10.2. The van der Waals surface area contributed by atoms with E-state index in [-0.39, 0.29) is 11.2 Å². The number of imidazole rings is 1. The summed E-state index contributed by atoms with van der Waals surface area (Å²) in [6.07, 6.45) is 3.36. The van der Waals surface area contributed by atoms with Gasteiger partial charge in [-0.2, -0.15) is 0 Å². The first-order valence-electron chi connectivity index (χ1n) is 5.48. The van der Waals surface area contributed by atoms with Crippen LogP contribution >= 0.6 is 0 Å². The van der Waals surface area contributed by atoms with E-state index in [0.29, 0.717) is 11.4 Å². The van der Waals surface area contributed by atoms with E-state index in [4.69, 9.17) is 5.73 Å². The van der Waals surface area contributed by atoms with Crippen molar-refractivity contribution in [3.8, 4) is 5.69 Å². The Kier molecular flexibility index (Phi) is 2.65. The normalized spacial score (nSPS) is 11.8. The predicted octanol–water partition coefficient (Wildman–Crippen LogP) is 2.89. The van der Waals surface area contributed by atoms with Crippen LogP contribution in [0, 0.1) is 5.82 Å². The van der Waals surface area contributed by atoms with E-state index < -0.39 is 0 Å². The minimum absolute atomic E-state index is 0.104. The lowest BCUT2D eigenvalue weighted by molar-refractivity contribution is 0.548. The van der Waals surface area contributed by atoms with Crippen molar-refractivity contribution in [3.63, 3.8) is 0 Å². The van der Waals surface area contributed by atoms with Crippen molar-refractivity contribution in [2.45, 2.75) is 26.2 Å². The highest BCUT2D eigenvalue weighted by Crippen LogP contribution is 2.26. The number of anilines is 1. The second-order valence-corrected chi connectivity index (χ2v) is 5.11. The maximum Gasteiger partial charge on any atom is 0.147 e. The Bertz CT molecular complexity index is 538. The van der Waals surface area contributed by atoms with Crippen LogP contribution in [0.2, 0.25) is 0 Å².